The Bertz CT molecular complexity index is 427. The highest BCUT2D eigenvalue weighted by molar-refractivity contribution is 7.90. The first-order valence-corrected chi connectivity index (χ1v) is 6.47. The predicted octanol–water partition coefficient (Wildman–Crippen LogP) is 1.33. The van der Waals surface area contributed by atoms with Gasteiger partial charge in [0.1, 0.15) is 9.84 Å². The van der Waals surface area contributed by atoms with Crippen LogP contribution in [0.1, 0.15) is 11.1 Å². The summed E-state index contributed by atoms with van der Waals surface area (Å²) in [5.41, 5.74) is 8.41. The summed E-state index contributed by atoms with van der Waals surface area (Å²) < 4.78 is 21.9. The number of nitrogen functional groups attached to an aromatic ring is 1. The van der Waals surface area contributed by atoms with E-state index in [9.17, 15) is 8.42 Å². The van der Waals surface area contributed by atoms with Crippen LogP contribution in [0.2, 0.25) is 0 Å². The molecule has 0 amide bonds. The van der Waals surface area contributed by atoms with Crippen LogP contribution in [0.25, 0.3) is 0 Å². The molecule has 0 radical (unpaired) electrons. The molecule has 0 unspecified atom stereocenters. The van der Waals surface area contributed by atoms with E-state index in [-0.39, 0.29) is 11.9 Å². The average molecular weight is 230 g/mol. The molecular formula is C10H18N2O2S. The van der Waals surface area contributed by atoms with E-state index in [1.165, 1.54) is 6.26 Å². The van der Waals surface area contributed by atoms with Crippen LogP contribution in [-0.4, -0.2) is 20.4 Å². The molecule has 1 aromatic rings. The van der Waals surface area contributed by atoms with Crippen LogP contribution >= 0.6 is 0 Å². The van der Waals surface area contributed by atoms with Crippen LogP contribution in [0, 0.1) is 6.92 Å². The first-order chi connectivity index (χ1) is 6.38. The molecule has 0 saturated heterocycles. The van der Waals surface area contributed by atoms with Crippen molar-refractivity contribution >= 4 is 15.5 Å². The molecule has 15 heavy (non-hydrogen) atoms. The quantitative estimate of drug-likeness (QED) is 0.766. The van der Waals surface area contributed by atoms with Crippen molar-refractivity contribution in [1.29, 1.82) is 0 Å². The summed E-state index contributed by atoms with van der Waals surface area (Å²) in [7, 11) is -2.88. The Hall–Kier alpha value is -1.07. The highest BCUT2D eigenvalue weighted by Gasteiger charge is 2.03. The van der Waals surface area contributed by atoms with Crippen LogP contribution in [0.15, 0.2) is 18.2 Å². The summed E-state index contributed by atoms with van der Waals surface area (Å²) in [6.07, 6.45) is 1.80. The van der Waals surface area contributed by atoms with E-state index in [0.29, 0.717) is 6.42 Å². The third-order valence-corrected chi connectivity index (χ3v) is 3.04. The van der Waals surface area contributed by atoms with Gasteiger partial charge in [0.25, 0.3) is 0 Å². The predicted molar refractivity (Wildman–Crippen MR) is 64.0 cm³/mol. The number of rotatable bonds is 3. The van der Waals surface area contributed by atoms with E-state index in [1.807, 2.05) is 25.1 Å². The van der Waals surface area contributed by atoms with E-state index in [2.05, 4.69) is 0 Å². The summed E-state index contributed by atoms with van der Waals surface area (Å²) in [6, 6.07) is 5.61. The fraction of sp³-hybridized carbons (Fsp3) is 0.400. The summed E-state index contributed by atoms with van der Waals surface area (Å²) >= 11 is 0. The number of benzene rings is 1. The number of hydrogen-bond donors (Lipinski definition) is 2. The van der Waals surface area contributed by atoms with Crippen LogP contribution in [0.5, 0.6) is 0 Å². The van der Waals surface area contributed by atoms with Gasteiger partial charge in [-0.05, 0) is 30.5 Å². The Morgan fingerprint density at radius 2 is 1.93 bits per heavy atom. The first kappa shape index (κ1) is 13.9. The van der Waals surface area contributed by atoms with E-state index in [1.54, 1.807) is 0 Å². The maximum atomic E-state index is 10.9. The van der Waals surface area contributed by atoms with Crippen molar-refractivity contribution in [2.75, 3.05) is 17.7 Å². The highest BCUT2D eigenvalue weighted by Crippen LogP contribution is 2.13. The van der Waals surface area contributed by atoms with Crippen molar-refractivity contribution < 1.29 is 8.42 Å². The van der Waals surface area contributed by atoms with E-state index in [0.717, 1.165) is 16.8 Å². The Kier molecular flexibility index (Phi) is 4.77. The van der Waals surface area contributed by atoms with Gasteiger partial charge in [-0.25, -0.2) is 8.42 Å². The lowest BCUT2D eigenvalue weighted by Gasteiger charge is -2.04. The number of hydrogen-bond acceptors (Lipinski definition) is 4. The summed E-state index contributed by atoms with van der Waals surface area (Å²) in [4.78, 5) is 0. The van der Waals surface area contributed by atoms with E-state index in [4.69, 9.17) is 5.73 Å². The van der Waals surface area contributed by atoms with Gasteiger partial charge in [-0.15, -0.1) is 0 Å². The molecular weight excluding hydrogens is 212 g/mol. The maximum Gasteiger partial charge on any atom is 0.147 e. The summed E-state index contributed by atoms with van der Waals surface area (Å²) in [5, 5.41) is 0. The molecule has 0 atom stereocenters. The van der Waals surface area contributed by atoms with Crippen molar-refractivity contribution in [2.45, 2.75) is 13.3 Å². The number of nitrogens with two attached hydrogens (primary N) is 1. The second-order valence-electron chi connectivity index (χ2n) is 3.57. The van der Waals surface area contributed by atoms with Gasteiger partial charge >= 0.3 is 0 Å². The average Bonchev–Trinajstić information content (AvgIpc) is 2.06. The minimum absolute atomic E-state index is 0. The molecule has 0 aromatic heterocycles. The van der Waals surface area contributed by atoms with Crippen LogP contribution in [-0.2, 0) is 16.3 Å². The zero-order valence-electron chi connectivity index (χ0n) is 9.16. The molecule has 5 heteroatoms. The Balaban J connectivity index is 0.00000196. The second kappa shape index (κ2) is 5.14. The lowest BCUT2D eigenvalue weighted by molar-refractivity contribution is 0.601. The van der Waals surface area contributed by atoms with Crippen LogP contribution < -0.4 is 11.9 Å². The Morgan fingerprint density at radius 1 is 1.33 bits per heavy atom. The molecule has 1 rings (SSSR count). The highest BCUT2D eigenvalue weighted by atomic mass is 32.2. The van der Waals surface area contributed by atoms with Crippen molar-refractivity contribution in [3.63, 3.8) is 0 Å². The van der Waals surface area contributed by atoms with Gasteiger partial charge in [0.2, 0.25) is 0 Å². The number of anilines is 1. The molecule has 0 spiro atoms. The van der Waals surface area contributed by atoms with Crippen molar-refractivity contribution in [2.24, 2.45) is 0 Å². The molecule has 0 aliphatic carbocycles. The van der Waals surface area contributed by atoms with Gasteiger partial charge in [0.05, 0.1) is 5.75 Å². The summed E-state index contributed by atoms with van der Waals surface area (Å²) in [5.74, 6) is 0.191. The van der Waals surface area contributed by atoms with Crippen LogP contribution in [0.3, 0.4) is 0 Å². The van der Waals surface area contributed by atoms with Crippen molar-refractivity contribution in [3.8, 4) is 0 Å². The third kappa shape index (κ3) is 4.80. The van der Waals surface area contributed by atoms with Gasteiger partial charge in [0, 0.05) is 11.9 Å². The van der Waals surface area contributed by atoms with Gasteiger partial charge < -0.3 is 11.9 Å². The number of aryl methyl sites for hydroxylation is 2. The van der Waals surface area contributed by atoms with Crippen molar-refractivity contribution in [3.05, 3.63) is 29.3 Å². The topological polar surface area (TPSA) is 95.2 Å². The molecule has 0 bridgehead atoms. The molecule has 0 aliphatic rings. The van der Waals surface area contributed by atoms with Gasteiger partial charge in [-0.1, -0.05) is 12.1 Å². The lowest BCUT2D eigenvalue weighted by Crippen LogP contribution is -2.06. The fourth-order valence-electron chi connectivity index (χ4n) is 1.20. The maximum absolute atomic E-state index is 10.9. The number of sulfone groups is 1. The Labute approximate surface area is 91.0 Å². The minimum Gasteiger partial charge on any atom is -0.399 e. The largest absolute Gasteiger partial charge is 0.399 e. The monoisotopic (exact) mass is 230 g/mol. The minimum atomic E-state index is -2.88. The van der Waals surface area contributed by atoms with E-state index >= 15 is 0 Å². The smallest absolute Gasteiger partial charge is 0.147 e. The van der Waals surface area contributed by atoms with E-state index < -0.39 is 9.84 Å². The van der Waals surface area contributed by atoms with Crippen LogP contribution in [0.4, 0.5) is 5.69 Å². The third-order valence-electron chi connectivity index (χ3n) is 2.10. The molecule has 0 heterocycles. The molecule has 0 aliphatic heterocycles. The summed E-state index contributed by atoms with van der Waals surface area (Å²) in [6.45, 7) is 1.92. The lowest BCUT2D eigenvalue weighted by atomic mass is 10.1. The van der Waals surface area contributed by atoms with Gasteiger partial charge in [-0.2, -0.15) is 0 Å². The molecule has 0 fully saturated rings. The SMILES string of the molecule is Cc1cc(CCS(C)(=O)=O)ccc1N.N. The molecule has 86 valence electrons. The molecule has 1 aromatic carbocycles. The molecule has 4 nitrogen and oxygen atoms in total. The molecule has 5 N–H and O–H groups in total. The first-order valence-electron chi connectivity index (χ1n) is 4.41. The fourth-order valence-corrected chi connectivity index (χ4v) is 1.80. The standard InChI is InChI=1S/C10H15NO2S.H3N/c1-8-7-9(3-4-10(8)11)5-6-14(2,12)13;/h3-4,7H,5-6,11H2,1-2H3;1H3. The normalized spacial score (nSPS) is 10.8. The van der Waals surface area contributed by atoms with Gasteiger partial charge in [0.15, 0.2) is 0 Å². The zero-order valence-corrected chi connectivity index (χ0v) is 9.97. The molecule has 0 saturated carbocycles. The second-order valence-corrected chi connectivity index (χ2v) is 5.83. The Morgan fingerprint density at radius 3 is 2.40 bits per heavy atom. The zero-order chi connectivity index (χ0) is 10.8. The van der Waals surface area contributed by atoms with Gasteiger partial charge in [-0.3, -0.25) is 0 Å². The van der Waals surface area contributed by atoms with Crippen molar-refractivity contribution in [1.82, 2.24) is 6.15 Å².